The van der Waals surface area contributed by atoms with Crippen LogP contribution in [0.1, 0.15) is 26.7 Å². The maximum atomic E-state index is 11.8. The van der Waals surface area contributed by atoms with Gasteiger partial charge in [-0.1, -0.05) is 25.1 Å². The zero-order chi connectivity index (χ0) is 14.8. The van der Waals surface area contributed by atoms with Gasteiger partial charge in [0.05, 0.1) is 7.11 Å². The van der Waals surface area contributed by atoms with Crippen LogP contribution in [0.2, 0.25) is 0 Å². The molecule has 0 aliphatic carbocycles. The highest BCUT2D eigenvalue weighted by Gasteiger charge is 2.19. The molecule has 1 rings (SSSR count). The average molecular weight is 278 g/mol. The number of para-hydroxylation sites is 1. The van der Waals surface area contributed by atoms with Gasteiger partial charge in [-0.15, -0.1) is 0 Å². The Hall–Kier alpha value is -1.55. The van der Waals surface area contributed by atoms with Crippen LogP contribution in [-0.2, 0) is 9.53 Å². The minimum absolute atomic E-state index is 0.178. The standard InChI is InChI=1S/C16H26N2O2/c1-4-12-17-15(16(19)20-3)11-13-18(5-2)14-9-7-6-8-10-14/h6-10,15,17H,4-5,11-13H2,1-3H3. The Bertz CT molecular complexity index is 381. The maximum absolute atomic E-state index is 11.8. The van der Waals surface area contributed by atoms with E-state index in [-0.39, 0.29) is 12.0 Å². The van der Waals surface area contributed by atoms with Crippen molar-refractivity contribution in [3.8, 4) is 0 Å². The third-order valence-corrected chi connectivity index (χ3v) is 3.32. The van der Waals surface area contributed by atoms with Crippen molar-refractivity contribution in [3.63, 3.8) is 0 Å². The number of anilines is 1. The van der Waals surface area contributed by atoms with E-state index in [4.69, 9.17) is 4.74 Å². The quantitative estimate of drug-likeness (QED) is 0.705. The van der Waals surface area contributed by atoms with Gasteiger partial charge in [0.15, 0.2) is 0 Å². The van der Waals surface area contributed by atoms with Crippen molar-refractivity contribution in [1.29, 1.82) is 0 Å². The molecule has 0 aromatic heterocycles. The van der Waals surface area contributed by atoms with Crippen molar-refractivity contribution in [1.82, 2.24) is 5.32 Å². The number of hydrogen-bond acceptors (Lipinski definition) is 4. The van der Waals surface area contributed by atoms with E-state index in [0.29, 0.717) is 0 Å². The molecule has 4 nitrogen and oxygen atoms in total. The highest BCUT2D eigenvalue weighted by Crippen LogP contribution is 2.13. The van der Waals surface area contributed by atoms with E-state index in [0.717, 1.165) is 32.5 Å². The highest BCUT2D eigenvalue weighted by atomic mass is 16.5. The second kappa shape index (κ2) is 9.37. The first-order chi connectivity index (χ1) is 9.72. The minimum atomic E-state index is -0.224. The number of esters is 1. The van der Waals surface area contributed by atoms with Crippen LogP contribution in [0, 0.1) is 0 Å². The van der Waals surface area contributed by atoms with E-state index in [1.54, 1.807) is 0 Å². The molecule has 0 saturated carbocycles. The molecule has 0 heterocycles. The summed E-state index contributed by atoms with van der Waals surface area (Å²) in [6.45, 7) is 6.79. The molecular weight excluding hydrogens is 252 g/mol. The zero-order valence-electron chi connectivity index (χ0n) is 12.8. The molecule has 1 aromatic rings. The fraction of sp³-hybridized carbons (Fsp3) is 0.562. The number of nitrogens with one attached hydrogen (secondary N) is 1. The molecule has 1 aromatic carbocycles. The van der Waals surface area contributed by atoms with Gasteiger partial charge in [0.1, 0.15) is 6.04 Å². The average Bonchev–Trinajstić information content (AvgIpc) is 2.51. The summed E-state index contributed by atoms with van der Waals surface area (Å²) in [6, 6.07) is 10.0. The monoisotopic (exact) mass is 278 g/mol. The molecule has 0 aliphatic heterocycles. The molecule has 0 spiro atoms. The summed E-state index contributed by atoms with van der Waals surface area (Å²) in [5.41, 5.74) is 1.19. The van der Waals surface area contributed by atoms with E-state index in [9.17, 15) is 4.79 Å². The Labute approximate surface area is 122 Å². The molecule has 1 unspecified atom stereocenters. The molecule has 0 amide bonds. The van der Waals surface area contributed by atoms with E-state index in [1.165, 1.54) is 12.8 Å². The predicted octanol–water partition coefficient (Wildman–Crippen LogP) is 2.44. The number of carbonyl (C=O) groups is 1. The van der Waals surface area contributed by atoms with E-state index in [2.05, 4.69) is 36.2 Å². The van der Waals surface area contributed by atoms with Crippen LogP contribution < -0.4 is 10.2 Å². The molecule has 0 radical (unpaired) electrons. The molecule has 0 fully saturated rings. The van der Waals surface area contributed by atoms with Gasteiger partial charge in [-0.05, 0) is 38.4 Å². The summed E-state index contributed by atoms with van der Waals surface area (Å²) < 4.78 is 4.86. The van der Waals surface area contributed by atoms with Crippen molar-refractivity contribution >= 4 is 11.7 Å². The van der Waals surface area contributed by atoms with Gasteiger partial charge in [0.2, 0.25) is 0 Å². The van der Waals surface area contributed by atoms with Crippen molar-refractivity contribution in [2.24, 2.45) is 0 Å². The Balaban J connectivity index is 2.57. The molecule has 0 saturated heterocycles. The number of rotatable bonds is 9. The van der Waals surface area contributed by atoms with E-state index >= 15 is 0 Å². The summed E-state index contributed by atoms with van der Waals surface area (Å²) >= 11 is 0. The van der Waals surface area contributed by atoms with Crippen LogP contribution in [0.4, 0.5) is 5.69 Å². The van der Waals surface area contributed by atoms with Crippen LogP contribution >= 0.6 is 0 Å². The number of nitrogens with zero attached hydrogens (tertiary/aromatic N) is 1. The Kier molecular flexibility index (Phi) is 7.73. The predicted molar refractivity (Wildman–Crippen MR) is 83.0 cm³/mol. The van der Waals surface area contributed by atoms with Gasteiger partial charge in [-0.25, -0.2) is 0 Å². The van der Waals surface area contributed by atoms with Crippen molar-refractivity contribution in [2.45, 2.75) is 32.7 Å². The summed E-state index contributed by atoms with van der Waals surface area (Å²) in [7, 11) is 1.44. The third kappa shape index (κ3) is 5.21. The van der Waals surface area contributed by atoms with Crippen molar-refractivity contribution in [3.05, 3.63) is 30.3 Å². The highest BCUT2D eigenvalue weighted by molar-refractivity contribution is 5.75. The number of hydrogen-bond donors (Lipinski definition) is 1. The maximum Gasteiger partial charge on any atom is 0.322 e. The molecule has 112 valence electrons. The summed E-state index contributed by atoms with van der Waals surface area (Å²) in [4.78, 5) is 14.0. The second-order valence-corrected chi connectivity index (χ2v) is 4.73. The molecule has 1 N–H and O–H groups in total. The molecule has 20 heavy (non-hydrogen) atoms. The molecule has 0 aliphatic rings. The SMILES string of the molecule is CCCNC(CCN(CC)c1ccccc1)C(=O)OC. The lowest BCUT2D eigenvalue weighted by molar-refractivity contribution is -0.143. The lowest BCUT2D eigenvalue weighted by Gasteiger charge is -2.25. The smallest absolute Gasteiger partial charge is 0.322 e. The van der Waals surface area contributed by atoms with Crippen LogP contribution in [0.3, 0.4) is 0 Å². The number of methoxy groups -OCH3 is 1. The normalized spacial score (nSPS) is 11.9. The fourth-order valence-corrected chi connectivity index (χ4v) is 2.16. The van der Waals surface area contributed by atoms with Gasteiger partial charge in [-0.3, -0.25) is 4.79 Å². The first-order valence-electron chi connectivity index (χ1n) is 7.34. The van der Waals surface area contributed by atoms with Crippen LogP contribution in [0.5, 0.6) is 0 Å². The molecule has 1 atom stereocenters. The lowest BCUT2D eigenvalue weighted by atomic mass is 10.1. The molecule has 0 bridgehead atoms. The van der Waals surface area contributed by atoms with Crippen LogP contribution in [0.15, 0.2) is 30.3 Å². The zero-order valence-corrected chi connectivity index (χ0v) is 12.8. The molecular formula is C16H26N2O2. The van der Waals surface area contributed by atoms with Gasteiger partial charge in [0.25, 0.3) is 0 Å². The Morgan fingerprint density at radius 1 is 1.30 bits per heavy atom. The first-order valence-corrected chi connectivity index (χ1v) is 7.34. The molecule has 4 heteroatoms. The summed E-state index contributed by atoms with van der Waals surface area (Å²) in [5, 5.41) is 3.25. The van der Waals surface area contributed by atoms with Crippen molar-refractivity contribution in [2.75, 3.05) is 31.6 Å². The Morgan fingerprint density at radius 3 is 2.55 bits per heavy atom. The number of carbonyl (C=O) groups excluding carboxylic acids is 1. The fourth-order valence-electron chi connectivity index (χ4n) is 2.16. The van der Waals surface area contributed by atoms with E-state index in [1.807, 2.05) is 18.2 Å². The van der Waals surface area contributed by atoms with Crippen molar-refractivity contribution < 1.29 is 9.53 Å². The van der Waals surface area contributed by atoms with Gasteiger partial charge in [0, 0.05) is 18.8 Å². The minimum Gasteiger partial charge on any atom is -0.468 e. The topological polar surface area (TPSA) is 41.6 Å². The Morgan fingerprint density at radius 2 is 2.00 bits per heavy atom. The van der Waals surface area contributed by atoms with Gasteiger partial charge >= 0.3 is 5.97 Å². The number of benzene rings is 1. The van der Waals surface area contributed by atoms with Crippen LogP contribution in [-0.4, -0.2) is 38.8 Å². The third-order valence-electron chi connectivity index (χ3n) is 3.32. The largest absolute Gasteiger partial charge is 0.468 e. The van der Waals surface area contributed by atoms with E-state index < -0.39 is 0 Å². The van der Waals surface area contributed by atoms with Gasteiger partial charge in [-0.2, -0.15) is 0 Å². The summed E-state index contributed by atoms with van der Waals surface area (Å²) in [6.07, 6.45) is 1.75. The van der Waals surface area contributed by atoms with Crippen LogP contribution in [0.25, 0.3) is 0 Å². The van der Waals surface area contributed by atoms with Gasteiger partial charge < -0.3 is 15.0 Å². The summed E-state index contributed by atoms with van der Waals surface area (Å²) in [5.74, 6) is -0.178. The first kappa shape index (κ1) is 16.5. The number of ether oxygens (including phenoxy) is 1. The second-order valence-electron chi connectivity index (χ2n) is 4.73. The lowest BCUT2D eigenvalue weighted by Crippen LogP contribution is -2.41.